The van der Waals surface area contributed by atoms with Gasteiger partial charge in [-0.3, -0.25) is 4.79 Å². The topological polar surface area (TPSA) is 41.5 Å². The maximum Gasteiger partial charge on any atom is 0.239 e. The third-order valence-electron chi connectivity index (χ3n) is 2.72. The van der Waals surface area contributed by atoms with Crippen molar-refractivity contribution in [2.24, 2.45) is 4.99 Å². The van der Waals surface area contributed by atoms with Crippen LogP contribution >= 0.6 is 11.8 Å². The first-order chi connectivity index (χ1) is 8.22. The first-order valence-electron chi connectivity index (χ1n) is 5.88. The Kier molecular flexibility index (Phi) is 3.84. The number of benzene rings is 1. The third kappa shape index (κ3) is 2.88. The summed E-state index contributed by atoms with van der Waals surface area (Å²) in [5.41, 5.74) is 2.19. The molecule has 1 aromatic carbocycles. The van der Waals surface area contributed by atoms with Crippen LogP contribution in [0.15, 0.2) is 29.3 Å². The van der Waals surface area contributed by atoms with Crippen molar-refractivity contribution in [1.82, 2.24) is 5.32 Å². The number of hydrogen-bond donors (Lipinski definition) is 1. The second-order valence-corrected chi connectivity index (χ2v) is 5.13. The van der Waals surface area contributed by atoms with Crippen LogP contribution in [0.3, 0.4) is 0 Å². The van der Waals surface area contributed by atoms with Crippen molar-refractivity contribution < 1.29 is 4.79 Å². The second kappa shape index (κ2) is 5.36. The molecule has 0 bridgehead atoms. The molecule has 0 spiro atoms. The summed E-state index contributed by atoms with van der Waals surface area (Å²) in [7, 11) is 0. The number of nitrogens with zero attached hydrogens (tertiary/aromatic N) is 1. The number of aliphatic imine (C=N–C) groups is 1. The molecule has 4 heteroatoms. The van der Waals surface area contributed by atoms with Gasteiger partial charge in [-0.25, -0.2) is 4.99 Å². The molecule has 1 aliphatic rings. The first-order valence-corrected chi connectivity index (χ1v) is 6.76. The van der Waals surface area contributed by atoms with Gasteiger partial charge in [0.15, 0.2) is 5.17 Å². The first kappa shape index (κ1) is 12.2. The molecule has 17 heavy (non-hydrogen) atoms. The molecule has 2 rings (SSSR count). The van der Waals surface area contributed by atoms with Crippen molar-refractivity contribution in [3.05, 3.63) is 29.8 Å². The highest BCUT2D eigenvalue weighted by Gasteiger charge is 2.28. The Morgan fingerprint density at radius 2 is 2.00 bits per heavy atom. The number of aryl methyl sites for hydroxylation is 1. The number of carbonyl (C=O) groups is 1. The minimum Gasteiger partial charge on any atom is -0.304 e. The number of hydrogen-bond acceptors (Lipinski definition) is 3. The van der Waals surface area contributed by atoms with E-state index in [1.165, 1.54) is 17.3 Å². The largest absolute Gasteiger partial charge is 0.304 e. The molecule has 1 atom stereocenters. The normalized spacial score (nSPS) is 21.9. The van der Waals surface area contributed by atoms with Crippen LogP contribution < -0.4 is 5.32 Å². The Labute approximate surface area is 106 Å². The predicted molar refractivity (Wildman–Crippen MR) is 72.7 cm³/mol. The highest BCUT2D eigenvalue weighted by atomic mass is 32.2. The van der Waals surface area contributed by atoms with Gasteiger partial charge in [-0.15, -0.1) is 0 Å². The molecule has 1 saturated heterocycles. The van der Waals surface area contributed by atoms with Gasteiger partial charge in [0.25, 0.3) is 0 Å². The van der Waals surface area contributed by atoms with E-state index in [4.69, 9.17) is 0 Å². The van der Waals surface area contributed by atoms with Crippen molar-refractivity contribution >= 4 is 28.5 Å². The van der Waals surface area contributed by atoms with Gasteiger partial charge >= 0.3 is 0 Å². The summed E-state index contributed by atoms with van der Waals surface area (Å²) >= 11 is 1.51. The van der Waals surface area contributed by atoms with Gasteiger partial charge in [0.2, 0.25) is 5.91 Å². The van der Waals surface area contributed by atoms with Gasteiger partial charge in [0, 0.05) is 0 Å². The number of amides is 1. The summed E-state index contributed by atoms with van der Waals surface area (Å²) in [5.74, 6) is 0.0708. The molecule has 0 aromatic heterocycles. The van der Waals surface area contributed by atoms with E-state index in [0.717, 1.165) is 18.5 Å². The Hall–Kier alpha value is -1.29. The average molecular weight is 248 g/mol. The lowest BCUT2D eigenvalue weighted by Gasteiger charge is -1.99. The fourth-order valence-electron chi connectivity index (χ4n) is 1.65. The summed E-state index contributed by atoms with van der Waals surface area (Å²) in [4.78, 5) is 15.9. The van der Waals surface area contributed by atoms with Crippen molar-refractivity contribution in [2.45, 2.75) is 31.9 Å². The summed E-state index contributed by atoms with van der Waals surface area (Å²) in [5, 5.41) is 3.54. The molecular formula is C13H16N2OS. The molecule has 90 valence electrons. The zero-order valence-corrected chi connectivity index (χ0v) is 10.9. The Morgan fingerprint density at radius 3 is 2.53 bits per heavy atom. The highest BCUT2D eigenvalue weighted by Crippen LogP contribution is 2.24. The number of rotatable bonds is 3. The minimum atomic E-state index is 0.0173. The zero-order chi connectivity index (χ0) is 12.3. The molecule has 0 radical (unpaired) electrons. The van der Waals surface area contributed by atoms with Crippen LogP contribution in [0.4, 0.5) is 5.69 Å². The van der Waals surface area contributed by atoms with E-state index >= 15 is 0 Å². The van der Waals surface area contributed by atoms with E-state index in [2.05, 4.69) is 29.4 Å². The lowest BCUT2D eigenvalue weighted by molar-refractivity contribution is -0.118. The lowest BCUT2D eigenvalue weighted by Crippen LogP contribution is -2.24. The Bertz CT molecular complexity index is 439. The second-order valence-electron chi connectivity index (χ2n) is 3.94. The number of amidine groups is 1. The van der Waals surface area contributed by atoms with Crippen LogP contribution in [-0.4, -0.2) is 16.3 Å². The molecule has 1 aliphatic heterocycles. The highest BCUT2D eigenvalue weighted by molar-refractivity contribution is 8.15. The fourth-order valence-corrected chi connectivity index (χ4v) is 2.57. The Balaban J connectivity index is 2.11. The van der Waals surface area contributed by atoms with Crippen LogP contribution in [0.2, 0.25) is 0 Å². The van der Waals surface area contributed by atoms with E-state index in [1.54, 1.807) is 0 Å². The summed E-state index contributed by atoms with van der Waals surface area (Å²) in [6, 6.07) is 8.10. The molecule has 1 N–H and O–H groups in total. The smallest absolute Gasteiger partial charge is 0.239 e. The SMILES string of the molecule is CCc1ccc(N=C2NC(=O)C(CC)S2)cc1. The van der Waals surface area contributed by atoms with Crippen LogP contribution in [-0.2, 0) is 11.2 Å². The van der Waals surface area contributed by atoms with Crippen molar-refractivity contribution in [1.29, 1.82) is 0 Å². The molecule has 3 nitrogen and oxygen atoms in total. The maximum atomic E-state index is 11.5. The molecule has 1 aromatic rings. The van der Waals surface area contributed by atoms with Gasteiger partial charge in [-0.2, -0.15) is 0 Å². The molecular weight excluding hydrogens is 232 g/mol. The molecule has 1 amide bonds. The van der Waals surface area contributed by atoms with E-state index < -0.39 is 0 Å². The summed E-state index contributed by atoms with van der Waals surface area (Å²) < 4.78 is 0. The van der Waals surface area contributed by atoms with Gasteiger partial charge in [0.1, 0.15) is 0 Å². The molecule has 1 heterocycles. The maximum absolute atomic E-state index is 11.5. The standard InChI is InChI=1S/C13H16N2OS/c1-3-9-5-7-10(8-6-9)14-13-15-12(16)11(4-2)17-13/h5-8,11H,3-4H2,1-2H3,(H,14,15,16). The van der Waals surface area contributed by atoms with Crippen LogP contribution in [0.5, 0.6) is 0 Å². The quantitative estimate of drug-likeness (QED) is 0.893. The van der Waals surface area contributed by atoms with Crippen molar-refractivity contribution in [2.75, 3.05) is 0 Å². The lowest BCUT2D eigenvalue weighted by atomic mass is 10.2. The molecule has 0 saturated carbocycles. The predicted octanol–water partition coefficient (Wildman–Crippen LogP) is 2.88. The van der Waals surface area contributed by atoms with E-state index in [9.17, 15) is 4.79 Å². The monoisotopic (exact) mass is 248 g/mol. The minimum absolute atomic E-state index is 0.0173. The molecule has 1 unspecified atom stereocenters. The van der Waals surface area contributed by atoms with Crippen LogP contribution in [0.25, 0.3) is 0 Å². The molecule has 1 fully saturated rings. The third-order valence-corrected chi connectivity index (χ3v) is 3.97. The van der Waals surface area contributed by atoms with Crippen LogP contribution in [0.1, 0.15) is 25.8 Å². The van der Waals surface area contributed by atoms with Gasteiger partial charge < -0.3 is 5.32 Å². The Morgan fingerprint density at radius 1 is 1.29 bits per heavy atom. The van der Waals surface area contributed by atoms with Gasteiger partial charge in [-0.05, 0) is 30.5 Å². The van der Waals surface area contributed by atoms with Crippen molar-refractivity contribution in [3.63, 3.8) is 0 Å². The summed E-state index contributed by atoms with van der Waals surface area (Å²) in [6.45, 7) is 4.13. The summed E-state index contributed by atoms with van der Waals surface area (Å²) in [6.07, 6.45) is 1.87. The molecule has 0 aliphatic carbocycles. The van der Waals surface area contributed by atoms with E-state index in [-0.39, 0.29) is 11.2 Å². The fraction of sp³-hybridized carbons (Fsp3) is 0.385. The van der Waals surface area contributed by atoms with Gasteiger partial charge in [-0.1, -0.05) is 37.7 Å². The van der Waals surface area contributed by atoms with E-state index in [1.807, 2.05) is 19.1 Å². The number of thioether (sulfide) groups is 1. The van der Waals surface area contributed by atoms with E-state index in [0.29, 0.717) is 5.17 Å². The zero-order valence-electron chi connectivity index (χ0n) is 10.1. The van der Waals surface area contributed by atoms with Gasteiger partial charge in [0.05, 0.1) is 10.9 Å². The van der Waals surface area contributed by atoms with Crippen LogP contribution in [0, 0.1) is 0 Å². The number of nitrogens with one attached hydrogen (secondary N) is 1. The number of carbonyl (C=O) groups excluding carboxylic acids is 1. The van der Waals surface area contributed by atoms with Crippen molar-refractivity contribution in [3.8, 4) is 0 Å². The average Bonchev–Trinajstić information content (AvgIpc) is 2.70.